The molecule has 1 aliphatic rings. The Bertz CT molecular complexity index is 942. The van der Waals surface area contributed by atoms with Crippen molar-refractivity contribution in [3.05, 3.63) is 47.4 Å². The first-order valence-electron chi connectivity index (χ1n) is 8.46. The van der Waals surface area contributed by atoms with Crippen LogP contribution in [0.2, 0.25) is 0 Å². The largest absolute Gasteiger partial charge is 0.459 e. The van der Waals surface area contributed by atoms with E-state index in [2.05, 4.69) is 20.0 Å². The number of nitrogens with two attached hydrogens (primary N) is 1. The fraction of sp³-hybridized carbons (Fsp3) is 0.389. The first-order chi connectivity index (χ1) is 13.0. The first-order valence-corrected chi connectivity index (χ1v) is 8.46. The van der Waals surface area contributed by atoms with Crippen LogP contribution in [0.4, 0.5) is 18.9 Å². The fourth-order valence-electron chi connectivity index (χ4n) is 2.73. The van der Waals surface area contributed by atoms with Crippen LogP contribution in [0.5, 0.6) is 0 Å². The molecule has 0 saturated carbocycles. The van der Waals surface area contributed by atoms with E-state index < -0.39 is 41.4 Å². The van der Waals surface area contributed by atoms with E-state index in [1.54, 1.807) is 0 Å². The number of oxazole rings is 1. The Morgan fingerprint density at radius 2 is 2.07 bits per heavy atom. The van der Waals surface area contributed by atoms with E-state index >= 15 is 0 Å². The Kier molecular flexibility index (Phi) is 4.82. The average molecular weight is 396 g/mol. The molecule has 1 amide bonds. The van der Waals surface area contributed by atoms with Crippen molar-refractivity contribution in [1.82, 2.24) is 4.98 Å². The number of carbonyl (C=O) groups excluding carboxylic acids is 1. The lowest BCUT2D eigenvalue weighted by Gasteiger charge is -2.37. The number of alkyl halides is 2. The van der Waals surface area contributed by atoms with Gasteiger partial charge in [-0.15, -0.1) is 0 Å². The van der Waals surface area contributed by atoms with E-state index in [0.29, 0.717) is 5.89 Å². The number of aromatic nitrogens is 1. The normalized spacial score (nSPS) is 21.2. The molecule has 0 radical (unpaired) electrons. The summed E-state index contributed by atoms with van der Waals surface area (Å²) in [7, 11) is 0. The van der Waals surface area contributed by atoms with Gasteiger partial charge in [0.1, 0.15) is 12.1 Å². The third-order valence-corrected chi connectivity index (χ3v) is 4.44. The maximum Gasteiger partial charge on any atom is 0.310 e. The number of anilines is 1. The molecular weight excluding hydrogens is 377 g/mol. The van der Waals surface area contributed by atoms with Crippen molar-refractivity contribution in [2.45, 2.75) is 38.2 Å². The van der Waals surface area contributed by atoms with Gasteiger partial charge in [0.05, 0.1) is 0 Å². The number of benzene rings is 1. The van der Waals surface area contributed by atoms with Crippen LogP contribution in [0.1, 0.15) is 48.6 Å². The molecule has 3 rings (SSSR count). The summed E-state index contributed by atoms with van der Waals surface area (Å²) in [5.41, 5.74) is 2.81. The van der Waals surface area contributed by atoms with Gasteiger partial charge in [-0.1, -0.05) is 13.8 Å². The van der Waals surface area contributed by atoms with E-state index in [9.17, 15) is 18.0 Å². The van der Waals surface area contributed by atoms with Gasteiger partial charge in [0.2, 0.25) is 0 Å². The van der Waals surface area contributed by atoms with Crippen LogP contribution >= 0.6 is 0 Å². The number of ether oxygens (including phenoxy) is 1. The van der Waals surface area contributed by atoms with E-state index in [1.165, 1.54) is 12.3 Å². The number of rotatable bonds is 4. The molecule has 2 aromatic rings. The third kappa shape index (κ3) is 3.41. The zero-order valence-electron chi connectivity index (χ0n) is 15.4. The number of halogens is 3. The second-order valence-corrected chi connectivity index (χ2v) is 6.89. The molecule has 0 aliphatic carbocycles. The minimum absolute atomic E-state index is 0.0134. The molecule has 3 N–H and O–H groups in total. The monoisotopic (exact) mass is 396 g/mol. The Balaban J connectivity index is 1.93. The minimum Gasteiger partial charge on any atom is -0.459 e. The zero-order chi connectivity index (χ0) is 20.7. The molecule has 2 heterocycles. The molecule has 10 heteroatoms. The summed E-state index contributed by atoms with van der Waals surface area (Å²) >= 11 is 0. The molecule has 1 aromatic heterocycles. The number of hydrogen-bond donors (Lipinski definition) is 2. The quantitative estimate of drug-likeness (QED) is 0.825. The predicted octanol–water partition coefficient (Wildman–Crippen LogP) is 3.38. The van der Waals surface area contributed by atoms with Crippen molar-refractivity contribution in [2.75, 3.05) is 11.9 Å². The van der Waals surface area contributed by atoms with Gasteiger partial charge in [-0.2, -0.15) is 8.78 Å². The Morgan fingerprint density at radius 3 is 2.71 bits per heavy atom. The van der Waals surface area contributed by atoms with Crippen LogP contribution in [0.15, 0.2) is 33.9 Å². The Hall–Kier alpha value is -3.04. The van der Waals surface area contributed by atoms with E-state index in [0.717, 1.165) is 19.1 Å². The standard InChI is InChI=1S/C18H19F3N4O3/c1-9(2)15-24-13(7-27-15)14(26)23-10-4-5-12(19)11(6-10)17(3)18(20,21)8-28-16(22)25-17/h4-7,9H,8H2,1-3H3,(H2,22,25)(H,23,26). The highest BCUT2D eigenvalue weighted by molar-refractivity contribution is 6.02. The fourth-order valence-corrected chi connectivity index (χ4v) is 2.73. The van der Waals surface area contributed by atoms with Gasteiger partial charge >= 0.3 is 5.92 Å². The molecular formula is C18H19F3N4O3. The van der Waals surface area contributed by atoms with Crippen LogP contribution in [-0.4, -0.2) is 29.4 Å². The van der Waals surface area contributed by atoms with Gasteiger partial charge < -0.3 is 20.2 Å². The SMILES string of the molecule is CC(C)c1nc(C(=O)Nc2ccc(F)c(C3(C)N=C(N)OCC3(F)F)c2)co1. The lowest BCUT2D eigenvalue weighted by atomic mass is 9.85. The lowest BCUT2D eigenvalue weighted by molar-refractivity contribution is -0.117. The van der Waals surface area contributed by atoms with Gasteiger partial charge in [0, 0.05) is 17.2 Å². The van der Waals surface area contributed by atoms with Gasteiger partial charge in [-0.3, -0.25) is 4.79 Å². The summed E-state index contributed by atoms with van der Waals surface area (Å²) < 4.78 is 53.1. The topological polar surface area (TPSA) is 103 Å². The van der Waals surface area contributed by atoms with Crippen molar-refractivity contribution in [3.63, 3.8) is 0 Å². The summed E-state index contributed by atoms with van der Waals surface area (Å²) in [5, 5.41) is 2.49. The first kappa shape index (κ1) is 19.7. The van der Waals surface area contributed by atoms with Crippen molar-refractivity contribution in [2.24, 2.45) is 10.7 Å². The molecule has 0 saturated heterocycles. The number of nitrogens with zero attached hydrogens (tertiary/aromatic N) is 2. The number of carbonyl (C=O) groups is 1. The molecule has 1 aliphatic heterocycles. The van der Waals surface area contributed by atoms with Crippen molar-refractivity contribution in [1.29, 1.82) is 0 Å². The molecule has 1 unspecified atom stereocenters. The highest BCUT2D eigenvalue weighted by Gasteiger charge is 2.56. The number of amidine groups is 1. The number of hydrogen-bond acceptors (Lipinski definition) is 6. The van der Waals surface area contributed by atoms with Crippen LogP contribution < -0.4 is 11.1 Å². The number of amides is 1. The summed E-state index contributed by atoms with van der Waals surface area (Å²) in [6, 6.07) is 2.84. The highest BCUT2D eigenvalue weighted by atomic mass is 19.3. The van der Waals surface area contributed by atoms with Crippen molar-refractivity contribution < 1.29 is 27.1 Å². The van der Waals surface area contributed by atoms with Crippen LogP contribution in [0, 0.1) is 5.82 Å². The molecule has 28 heavy (non-hydrogen) atoms. The number of aliphatic imine (C=N–C) groups is 1. The van der Waals surface area contributed by atoms with Gasteiger partial charge in [0.25, 0.3) is 11.9 Å². The molecule has 0 bridgehead atoms. The molecule has 0 spiro atoms. The molecule has 1 aromatic carbocycles. The Labute approximate surface area is 158 Å². The molecule has 7 nitrogen and oxygen atoms in total. The van der Waals surface area contributed by atoms with Crippen molar-refractivity contribution >= 4 is 17.6 Å². The van der Waals surface area contributed by atoms with E-state index in [4.69, 9.17) is 10.2 Å². The maximum absolute atomic E-state index is 14.5. The minimum atomic E-state index is -3.52. The predicted molar refractivity (Wildman–Crippen MR) is 94.8 cm³/mol. The van der Waals surface area contributed by atoms with Gasteiger partial charge in [-0.25, -0.2) is 14.4 Å². The molecule has 150 valence electrons. The summed E-state index contributed by atoms with van der Waals surface area (Å²) in [6.45, 7) is 3.71. The zero-order valence-corrected chi connectivity index (χ0v) is 15.4. The van der Waals surface area contributed by atoms with Crippen LogP contribution in [-0.2, 0) is 10.3 Å². The van der Waals surface area contributed by atoms with Crippen LogP contribution in [0.3, 0.4) is 0 Å². The van der Waals surface area contributed by atoms with E-state index in [-0.39, 0.29) is 17.3 Å². The summed E-state index contributed by atoms with van der Waals surface area (Å²) in [6.07, 6.45) is 1.19. The lowest BCUT2D eigenvalue weighted by Crippen LogP contribution is -2.51. The van der Waals surface area contributed by atoms with E-state index in [1.807, 2.05) is 13.8 Å². The van der Waals surface area contributed by atoms with Gasteiger partial charge in [0.15, 0.2) is 23.7 Å². The summed E-state index contributed by atoms with van der Waals surface area (Å²) in [5.74, 6) is -4.69. The van der Waals surface area contributed by atoms with Gasteiger partial charge in [-0.05, 0) is 25.1 Å². The van der Waals surface area contributed by atoms with Crippen molar-refractivity contribution in [3.8, 4) is 0 Å². The average Bonchev–Trinajstić information content (AvgIpc) is 3.11. The smallest absolute Gasteiger partial charge is 0.310 e. The maximum atomic E-state index is 14.5. The second-order valence-electron chi connectivity index (χ2n) is 6.89. The molecule has 0 fully saturated rings. The Morgan fingerprint density at radius 1 is 1.36 bits per heavy atom. The molecule has 1 atom stereocenters. The third-order valence-electron chi connectivity index (χ3n) is 4.44. The second kappa shape index (κ2) is 6.84. The summed E-state index contributed by atoms with van der Waals surface area (Å²) in [4.78, 5) is 20.0. The highest BCUT2D eigenvalue weighted by Crippen LogP contribution is 2.44. The van der Waals surface area contributed by atoms with Crippen LogP contribution in [0.25, 0.3) is 0 Å². The number of nitrogens with one attached hydrogen (secondary N) is 1.